The van der Waals surface area contributed by atoms with Gasteiger partial charge in [0, 0.05) is 6.42 Å². The molecule has 2 heterocycles. The van der Waals surface area contributed by atoms with E-state index in [0.29, 0.717) is 10.7 Å². The van der Waals surface area contributed by atoms with Gasteiger partial charge in [0.2, 0.25) is 5.91 Å². The van der Waals surface area contributed by atoms with Crippen LogP contribution >= 0.6 is 11.3 Å². The molecule has 29 heavy (non-hydrogen) atoms. The van der Waals surface area contributed by atoms with Gasteiger partial charge >= 0.3 is 5.97 Å². The zero-order valence-corrected chi connectivity index (χ0v) is 16.2. The summed E-state index contributed by atoms with van der Waals surface area (Å²) in [7, 11) is 0. The standard InChI is InChI=1S/C20H17FN4O3S/c1-11(19-23-14-4-2-3-5-17(14)29-19)28-20(27)15-10-16(18(22)26)25(24-15)13-8-6-12(21)7-9-13/h2-9,11,16H,10H2,1H3,(H2,22,26)/t11-,16+/m1/s1. The molecule has 148 valence electrons. The Bertz CT molecular complexity index is 1080. The van der Waals surface area contributed by atoms with Crippen molar-refractivity contribution in [3.8, 4) is 0 Å². The van der Waals surface area contributed by atoms with Gasteiger partial charge in [-0.1, -0.05) is 12.1 Å². The number of nitrogens with two attached hydrogens (primary N) is 1. The highest BCUT2D eigenvalue weighted by Crippen LogP contribution is 2.29. The Morgan fingerprint density at radius 2 is 1.97 bits per heavy atom. The lowest BCUT2D eigenvalue weighted by Crippen LogP contribution is -2.39. The third kappa shape index (κ3) is 3.81. The van der Waals surface area contributed by atoms with Gasteiger partial charge in [0.15, 0.2) is 6.10 Å². The lowest BCUT2D eigenvalue weighted by Gasteiger charge is -2.20. The van der Waals surface area contributed by atoms with E-state index in [-0.39, 0.29) is 12.1 Å². The van der Waals surface area contributed by atoms with Crippen molar-refractivity contribution in [3.63, 3.8) is 0 Å². The predicted octanol–water partition coefficient (Wildman–Crippen LogP) is 3.16. The number of nitrogens with zero attached hydrogens (tertiary/aromatic N) is 3. The van der Waals surface area contributed by atoms with E-state index in [2.05, 4.69) is 10.1 Å². The quantitative estimate of drug-likeness (QED) is 0.649. The average Bonchev–Trinajstić information content (AvgIpc) is 3.33. The highest BCUT2D eigenvalue weighted by molar-refractivity contribution is 7.18. The molecule has 1 aromatic heterocycles. The zero-order chi connectivity index (χ0) is 20.5. The van der Waals surface area contributed by atoms with Crippen LogP contribution in [-0.2, 0) is 14.3 Å². The second-order valence-corrected chi connectivity index (χ2v) is 7.62. The predicted molar refractivity (Wildman–Crippen MR) is 108 cm³/mol. The Kier molecular flexibility index (Phi) is 4.98. The van der Waals surface area contributed by atoms with Gasteiger partial charge in [-0.2, -0.15) is 5.10 Å². The van der Waals surface area contributed by atoms with Crippen molar-refractivity contribution in [1.29, 1.82) is 0 Å². The number of hydrazone groups is 1. The minimum atomic E-state index is -0.847. The summed E-state index contributed by atoms with van der Waals surface area (Å²) in [5.41, 5.74) is 6.83. The number of rotatable bonds is 5. The molecular weight excluding hydrogens is 395 g/mol. The molecule has 1 aliphatic rings. The number of esters is 1. The first-order chi connectivity index (χ1) is 13.9. The van der Waals surface area contributed by atoms with Crippen LogP contribution in [-0.4, -0.2) is 28.6 Å². The number of ether oxygens (including phenoxy) is 1. The van der Waals surface area contributed by atoms with Crippen LogP contribution in [0.25, 0.3) is 10.2 Å². The van der Waals surface area contributed by atoms with Crippen molar-refractivity contribution < 1.29 is 18.7 Å². The van der Waals surface area contributed by atoms with E-state index < -0.39 is 29.8 Å². The molecule has 3 aromatic rings. The van der Waals surface area contributed by atoms with Gasteiger partial charge in [0.05, 0.1) is 15.9 Å². The second-order valence-electron chi connectivity index (χ2n) is 6.56. The Balaban J connectivity index is 1.53. The van der Waals surface area contributed by atoms with Crippen molar-refractivity contribution in [2.45, 2.75) is 25.5 Å². The first-order valence-electron chi connectivity index (χ1n) is 8.90. The Morgan fingerprint density at radius 3 is 2.66 bits per heavy atom. The summed E-state index contributed by atoms with van der Waals surface area (Å²) in [6, 6.07) is 12.2. The lowest BCUT2D eigenvalue weighted by atomic mass is 10.1. The van der Waals surface area contributed by atoms with Gasteiger partial charge < -0.3 is 10.5 Å². The van der Waals surface area contributed by atoms with E-state index in [0.717, 1.165) is 10.2 Å². The molecule has 0 saturated heterocycles. The molecule has 0 unspecified atom stereocenters. The van der Waals surface area contributed by atoms with E-state index in [4.69, 9.17) is 10.5 Å². The fraction of sp³-hybridized carbons (Fsp3) is 0.200. The Labute approximate surface area is 169 Å². The van der Waals surface area contributed by atoms with Crippen LogP contribution in [0.5, 0.6) is 0 Å². The molecule has 0 fully saturated rings. The third-order valence-electron chi connectivity index (χ3n) is 4.51. The van der Waals surface area contributed by atoms with Crippen LogP contribution in [0.2, 0.25) is 0 Å². The van der Waals surface area contributed by atoms with E-state index in [1.807, 2.05) is 24.3 Å². The molecule has 1 amide bonds. The fourth-order valence-electron chi connectivity index (χ4n) is 3.03. The van der Waals surface area contributed by atoms with Crippen LogP contribution in [0.4, 0.5) is 10.1 Å². The molecule has 9 heteroatoms. The van der Waals surface area contributed by atoms with Crippen molar-refractivity contribution in [3.05, 3.63) is 59.4 Å². The minimum absolute atomic E-state index is 0.0120. The number of thiazole rings is 1. The number of hydrogen-bond acceptors (Lipinski definition) is 7. The normalized spacial score (nSPS) is 17.2. The number of primary amides is 1. The van der Waals surface area contributed by atoms with Crippen molar-refractivity contribution in [2.75, 3.05) is 5.01 Å². The molecule has 0 saturated carbocycles. The van der Waals surface area contributed by atoms with E-state index in [1.165, 1.54) is 40.6 Å². The van der Waals surface area contributed by atoms with Crippen LogP contribution in [0.15, 0.2) is 53.6 Å². The highest BCUT2D eigenvalue weighted by Gasteiger charge is 2.36. The molecule has 2 aromatic carbocycles. The summed E-state index contributed by atoms with van der Waals surface area (Å²) in [6.45, 7) is 1.73. The summed E-state index contributed by atoms with van der Waals surface area (Å²) >= 11 is 1.45. The number of amides is 1. The zero-order valence-electron chi connectivity index (χ0n) is 15.4. The Morgan fingerprint density at radius 1 is 1.24 bits per heavy atom. The topological polar surface area (TPSA) is 97.9 Å². The first kappa shape index (κ1) is 19.0. The monoisotopic (exact) mass is 412 g/mol. The number of aromatic nitrogens is 1. The molecule has 2 N–H and O–H groups in total. The second kappa shape index (κ2) is 7.59. The number of benzene rings is 2. The molecule has 0 spiro atoms. The summed E-state index contributed by atoms with van der Waals surface area (Å²) < 4.78 is 19.7. The van der Waals surface area contributed by atoms with Gasteiger partial charge in [-0.3, -0.25) is 9.80 Å². The molecule has 0 bridgehead atoms. The number of anilines is 1. The molecule has 2 atom stereocenters. The largest absolute Gasteiger partial charge is 0.451 e. The lowest BCUT2D eigenvalue weighted by molar-refractivity contribution is -0.140. The molecular formula is C20H17FN4O3S. The minimum Gasteiger partial charge on any atom is -0.451 e. The number of halogens is 1. The number of fused-ring (bicyclic) bond motifs is 1. The van der Waals surface area contributed by atoms with Crippen molar-refractivity contribution in [2.24, 2.45) is 10.8 Å². The fourth-order valence-corrected chi connectivity index (χ4v) is 3.98. The van der Waals surface area contributed by atoms with Gasteiger partial charge in [-0.15, -0.1) is 11.3 Å². The van der Waals surface area contributed by atoms with Gasteiger partial charge in [0.1, 0.15) is 22.6 Å². The maximum atomic E-state index is 13.2. The highest BCUT2D eigenvalue weighted by atomic mass is 32.1. The third-order valence-corrected chi connectivity index (χ3v) is 5.71. The van der Waals surface area contributed by atoms with Gasteiger partial charge in [-0.05, 0) is 43.3 Å². The van der Waals surface area contributed by atoms with Crippen LogP contribution in [0.3, 0.4) is 0 Å². The van der Waals surface area contributed by atoms with E-state index in [1.54, 1.807) is 6.92 Å². The number of carbonyl (C=O) groups excluding carboxylic acids is 2. The summed E-state index contributed by atoms with van der Waals surface area (Å²) in [5.74, 6) is -1.70. The summed E-state index contributed by atoms with van der Waals surface area (Å²) in [6.07, 6.45) is -0.563. The van der Waals surface area contributed by atoms with Crippen LogP contribution in [0, 0.1) is 5.82 Å². The van der Waals surface area contributed by atoms with Crippen LogP contribution < -0.4 is 10.7 Å². The number of hydrogen-bond donors (Lipinski definition) is 1. The maximum Gasteiger partial charge on any atom is 0.355 e. The van der Waals surface area contributed by atoms with Gasteiger partial charge in [0.25, 0.3) is 0 Å². The smallest absolute Gasteiger partial charge is 0.355 e. The Hall–Kier alpha value is -3.33. The van der Waals surface area contributed by atoms with Gasteiger partial charge in [-0.25, -0.2) is 14.2 Å². The number of carbonyl (C=O) groups is 2. The summed E-state index contributed by atoms with van der Waals surface area (Å²) in [4.78, 5) is 29.0. The molecule has 0 aliphatic carbocycles. The maximum absolute atomic E-state index is 13.2. The summed E-state index contributed by atoms with van der Waals surface area (Å²) in [5, 5.41) is 6.20. The van der Waals surface area contributed by atoms with Crippen molar-refractivity contribution in [1.82, 2.24) is 4.98 Å². The molecule has 4 rings (SSSR count). The molecule has 7 nitrogen and oxygen atoms in total. The molecule has 0 radical (unpaired) electrons. The van der Waals surface area contributed by atoms with E-state index >= 15 is 0 Å². The first-order valence-corrected chi connectivity index (χ1v) is 9.72. The van der Waals surface area contributed by atoms with Crippen molar-refractivity contribution >= 4 is 44.8 Å². The average molecular weight is 412 g/mol. The number of para-hydroxylation sites is 1. The van der Waals surface area contributed by atoms with E-state index in [9.17, 15) is 14.0 Å². The molecule has 1 aliphatic heterocycles. The SMILES string of the molecule is C[C@@H](OC(=O)C1=NN(c2ccc(F)cc2)[C@H](C(N)=O)C1)c1nc2ccccc2s1. The van der Waals surface area contributed by atoms with Crippen LogP contribution in [0.1, 0.15) is 24.5 Å².